The van der Waals surface area contributed by atoms with Gasteiger partial charge in [-0.05, 0) is 49.9 Å². The summed E-state index contributed by atoms with van der Waals surface area (Å²) >= 11 is 0. The number of nitrogens with zero attached hydrogens (tertiary/aromatic N) is 7. The first-order valence-electron chi connectivity index (χ1n) is 10.4. The SMILES string of the molecule is Cc1cc(C2=CC=CN3CC[C@@H](C3)N(C(=O)Nc3nccc4nccnc34)C=N2)ccn1. The van der Waals surface area contributed by atoms with Gasteiger partial charge in [0.25, 0.3) is 0 Å². The molecule has 5 rings (SSSR count). The first kappa shape index (κ1) is 19.8. The van der Waals surface area contributed by atoms with Crippen LogP contribution in [0.5, 0.6) is 0 Å². The highest BCUT2D eigenvalue weighted by atomic mass is 16.2. The number of rotatable bonds is 2. The van der Waals surface area contributed by atoms with E-state index in [-0.39, 0.29) is 12.1 Å². The summed E-state index contributed by atoms with van der Waals surface area (Å²) in [6.45, 7) is 3.54. The molecule has 0 radical (unpaired) electrons. The Morgan fingerprint density at radius 2 is 1.97 bits per heavy atom. The topological polar surface area (TPSA) is 99.5 Å². The first-order chi connectivity index (χ1) is 15.7. The Bertz CT molecular complexity index is 1250. The zero-order chi connectivity index (χ0) is 21.9. The number of anilines is 1. The van der Waals surface area contributed by atoms with Crippen molar-refractivity contribution < 1.29 is 4.79 Å². The lowest BCUT2D eigenvalue weighted by Crippen LogP contribution is -2.43. The van der Waals surface area contributed by atoms with Crippen molar-refractivity contribution >= 4 is 34.9 Å². The highest BCUT2D eigenvalue weighted by Crippen LogP contribution is 2.22. The van der Waals surface area contributed by atoms with Gasteiger partial charge in [0.2, 0.25) is 0 Å². The molecule has 160 valence electrons. The Labute approximate surface area is 185 Å². The number of carbonyl (C=O) groups excluding carboxylic acids is 1. The van der Waals surface area contributed by atoms with Crippen LogP contribution in [0.25, 0.3) is 16.7 Å². The average molecular weight is 426 g/mol. The molecule has 1 fully saturated rings. The molecule has 0 aromatic carbocycles. The maximum Gasteiger partial charge on any atom is 0.328 e. The smallest absolute Gasteiger partial charge is 0.328 e. The fourth-order valence-electron chi connectivity index (χ4n) is 3.90. The molecular formula is C23H22N8O. The highest BCUT2D eigenvalue weighted by Gasteiger charge is 2.30. The van der Waals surface area contributed by atoms with Crippen molar-refractivity contribution in [2.24, 2.45) is 4.99 Å². The molecular weight excluding hydrogens is 404 g/mol. The van der Waals surface area contributed by atoms with Crippen molar-refractivity contribution in [2.45, 2.75) is 19.4 Å². The van der Waals surface area contributed by atoms with E-state index in [0.717, 1.165) is 36.5 Å². The van der Waals surface area contributed by atoms with Crippen LogP contribution in [-0.4, -0.2) is 61.2 Å². The van der Waals surface area contributed by atoms with Gasteiger partial charge in [0.05, 0.1) is 23.6 Å². The minimum Gasteiger partial charge on any atom is -0.375 e. The molecule has 3 aromatic rings. The Hall–Kier alpha value is -4.14. The fourth-order valence-corrected chi connectivity index (χ4v) is 3.90. The highest BCUT2D eigenvalue weighted by molar-refractivity contribution is 6.01. The number of hydrogen-bond donors (Lipinski definition) is 1. The van der Waals surface area contributed by atoms with E-state index in [1.165, 1.54) is 0 Å². The summed E-state index contributed by atoms with van der Waals surface area (Å²) in [5, 5.41) is 2.90. The molecule has 5 heterocycles. The van der Waals surface area contributed by atoms with Crippen molar-refractivity contribution in [3.8, 4) is 0 Å². The molecule has 0 spiro atoms. The van der Waals surface area contributed by atoms with E-state index in [0.29, 0.717) is 16.9 Å². The predicted molar refractivity (Wildman–Crippen MR) is 123 cm³/mol. The minimum atomic E-state index is -0.305. The maximum atomic E-state index is 13.3. The molecule has 9 nitrogen and oxygen atoms in total. The van der Waals surface area contributed by atoms with Gasteiger partial charge < -0.3 is 4.90 Å². The van der Waals surface area contributed by atoms with Crippen LogP contribution < -0.4 is 5.32 Å². The number of allylic oxidation sites excluding steroid dienone is 2. The van der Waals surface area contributed by atoms with Gasteiger partial charge in [0.1, 0.15) is 5.52 Å². The molecule has 0 unspecified atom stereocenters. The number of fused-ring (bicyclic) bond motifs is 3. The first-order valence-corrected chi connectivity index (χ1v) is 10.4. The number of amides is 2. The molecule has 1 N–H and O–H groups in total. The second-order valence-electron chi connectivity index (χ2n) is 7.68. The summed E-state index contributed by atoms with van der Waals surface area (Å²) in [6.07, 6.45) is 15.0. The lowest BCUT2D eigenvalue weighted by molar-refractivity contribution is 0.223. The molecule has 1 saturated heterocycles. The molecule has 1 atom stereocenters. The zero-order valence-electron chi connectivity index (χ0n) is 17.6. The van der Waals surface area contributed by atoms with Gasteiger partial charge >= 0.3 is 6.03 Å². The van der Waals surface area contributed by atoms with Crippen molar-refractivity contribution in [1.29, 1.82) is 0 Å². The van der Waals surface area contributed by atoms with Crippen molar-refractivity contribution in [1.82, 2.24) is 29.7 Å². The molecule has 3 aromatic heterocycles. The second kappa shape index (κ2) is 8.54. The number of hydrogen-bond acceptors (Lipinski definition) is 7. The summed E-state index contributed by atoms with van der Waals surface area (Å²) in [7, 11) is 0. The van der Waals surface area contributed by atoms with Gasteiger partial charge in [-0.3, -0.25) is 20.2 Å². The van der Waals surface area contributed by atoms with Crippen LogP contribution in [0.1, 0.15) is 17.7 Å². The van der Waals surface area contributed by atoms with Crippen LogP contribution in [0, 0.1) is 6.92 Å². The molecule has 2 aliphatic rings. The monoisotopic (exact) mass is 426 g/mol. The Balaban J connectivity index is 1.47. The largest absolute Gasteiger partial charge is 0.375 e. The fraction of sp³-hybridized carbons (Fsp3) is 0.217. The zero-order valence-corrected chi connectivity index (χ0v) is 17.6. The Kier molecular flexibility index (Phi) is 5.29. The molecule has 0 saturated carbocycles. The molecule has 9 heteroatoms. The van der Waals surface area contributed by atoms with E-state index < -0.39 is 0 Å². The predicted octanol–water partition coefficient (Wildman–Crippen LogP) is 3.23. The molecule has 2 bridgehead atoms. The average Bonchev–Trinajstić information content (AvgIpc) is 3.26. The van der Waals surface area contributed by atoms with Crippen LogP contribution in [0.4, 0.5) is 10.6 Å². The van der Waals surface area contributed by atoms with Gasteiger partial charge in [-0.1, -0.05) is 0 Å². The summed E-state index contributed by atoms with van der Waals surface area (Å²) in [4.78, 5) is 39.0. The molecule has 2 amide bonds. The number of aromatic nitrogens is 4. The number of pyridine rings is 2. The molecule has 32 heavy (non-hydrogen) atoms. The maximum absolute atomic E-state index is 13.3. The van der Waals surface area contributed by atoms with Gasteiger partial charge in [0, 0.05) is 49.1 Å². The third-order valence-corrected chi connectivity index (χ3v) is 5.50. The normalized spacial score (nSPS) is 18.0. The van der Waals surface area contributed by atoms with Crippen LogP contribution >= 0.6 is 0 Å². The third-order valence-electron chi connectivity index (χ3n) is 5.50. The third kappa shape index (κ3) is 4.04. The van der Waals surface area contributed by atoms with E-state index in [1.807, 2.05) is 37.4 Å². The van der Waals surface area contributed by atoms with Gasteiger partial charge in [-0.25, -0.2) is 19.8 Å². The minimum absolute atomic E-state index is 0.0111. The van der Waals surface area contributed by atoms with E-state index in [1.54, 1.807) is 42.1 Å². The Morgan fingerprint density at radius 3 is 2.88 bits per heavy atom. The number of nitrogens with one attached hydrogen (secondary N) is 1. The van der Waals surface area contributed by atoms with Crippen molar-refractivity contribution in [3.05, 3.63) is 72.6 Å². The number of aryl methyl sites for hydroxylation is 1. The van der Waals surface area contributed by atoms with Crippen LogP contribution in [-0.2, 0) is 0 Å². The lowest BCUT2D eigenvalue weighted by atomic mass is 10.1. The van der Waals surface area contributed by atoms with Gasteiger partial charge in [0.15, 0.2) is 5.82 Å². The number of carbonyl (C=O) groups is 1. The van der Waals surface area contributed by atoms with Crippen molar-refractivity contribution in [2.75, 3.05) is 18.4 Å². The van der Waals surface area contributed by atoms with E-state index in [9.17, 15) is 4.79 Å². The van der Waals surface area contributed by atoms with Crippen LogP contribution in [0.3, 0.4) is 0 Å². The van der Waals surface area contributed by atoms with Crippen LogP contribution in [0.15, 0.2) is 66.3 Å². The van der Waals surface area contributed by atoms with Crippen molar-refractivity contribution in [3.63, 3.8) is 0 Å². The molecule has 0 aliphatic carbocycles. The summed E-state index contributed by atoms with van der Waals surface area (Å²) in [6, 6.07) is 5.33. The quantitative estimate of drug-likeness (QED) is 0.675. The van der Waals surface area contributed by atoms with E-state index in [2.05, 4.69) is 35.1 Å². The molecule has 2 aliphatic heterocycles. The Morgan fingerprint density at radius 1 is 1.09 bits per heavy atom. The van der Waals surface area contributed by atoms with Gasteiger partial charge in [-0.2, -0.15) is 0 Å². The summed E-state index contributed by atoms with van der Waals surface area (Å²) in [5.74, 6) is 0.376. The number of aliphatic imine (C=N–C) groups is 1. The van der Waals surface area contributed by atoms with E-state index in [4.69, 9.17) is 0 Å². The lowest BCUT2D eigenvalue weighted by Gasteiger charge is -2.25. The summed E-state index contributed by atoms with van der Waals surface area (Å²) in [5.41, 5.74) is 3.81. The number of urea groups is 1. The standard InChI is InChI=1S/C23H22N8O/c1-16-13-17(4-7-24-16)19-3-2-11-30-12-6-18(14-30)31(15-28-19)23(32)29-22-21-20(5-8-27-22)25-9-10-26-21/h2-5,7-11,13,15,18H,6,12,14H2,1H3,(H,27,29,32)/t18-/m0/s1. The summed E-state index contributed by atoms with van der Waals surface area (Å²) < 4.78 is 0. The van der Waals surface area contributed by atoms with E-state index >= 15 is 0 Å². The van der Waals surface area contributed by atoms with Gasteiger partial charge in [-0.15, -0.1) is 0 Å². The van der Waals surface area contributed by atoms with Crippen LogP contribution in [0.2, 0.25) is 0 Å². The second-order valence-corrected chi connectivity index (χ2v) is 7.68.